The van der Waals surface area contributed by atoms with Crippen molar-refractivity contribution in [3.63, 3.8) is 0 Å². The van der Waals surface area contributed by atoms with Crippen molar-refractivity contribution in [1.29, 1.82) is 0 Å². The molecule has 6 nitrogen and oxygen atoms in total. The number of carbonyl (C=O) groups excluding carboxylic acids is 2. The lowest BCUT2D eigenvalue weighted by Crippen LogP contribution is -2.58. The van der Waals surface area contributed by atoms with E-state index in [-0.39, 0.29) is 17.7 Å². The molecule has 0 spiro atoms. The Bertz CT molecular complexity index is 648. The summed E-state index contributed by atoms with van der Waals surface area (Å²) in [6.07, 6.45) is 1.69. The van der Waals surface area contributed by atoms with Crippen molar-refractivity contribution < 1.29 is 14.3 Å². The summed E-state index contributed by atoms with van der Waals surface area (Å²) in [4.78, 5) is 29.5. The molecule has 3 rings (SSSR count). The number of rotatable bonds is 4. The van der Waals surface area contributed by atoms with E-state index in [1.807, 2.05) is 54.0 Å². The minimum Gasteiger partial charge on any atom is -0.381 e. The third-order valence-corrected chi connectivity index (χ3v) is 5.97. The highest BCUT2D eigenvalue weighted by Gasteiger charge is 2.37. The molecule has 1 atom stereocenters. The van der Waals surface area contributed by atoms with Gasteiger partial charge in [-0.1, -0.05) is 30.3 Å². The fourth-order valence-electron chi connectivity index (χ4n) is 3.99. The first-order valence-corrected chi connectivity index (χ1v) is 9.88. The molecule has 0 aromatic heterocycles. The van der Waals surface area contributed by atoms with E-state index < -0.39 is 11.5 Å². The summed E-state index contributed by atoms with van der Waals surface area (Å²) >= 11 is 0. The van der Waals surface area contributed by atoms with E-state index in [1.54, 1.807) is 0 Å². The molecule has 2 fully saturated rings. The topological polar surface area (TPSA) is 75.9 Å². The molecule has 2 heterocycles. The van der Waals surface area contributed by atoms with Gasteiger partial charge < -0.3 is 20.3 Å². The molecule has 2 N–H and O–H groups in total. The van der Waals surface area contributed by atoms with Crippen LogP contribution in [0.1, 0.15) is 32.3 Å². The first kappa shape index (κ1) is 19.8. The molecule has 1 unspecified atom stereocenters. The molecule has 0 bridgehead atoms. The maximum atomic E-state index is 13.1. The van der Waals surface area contributed by atoms with Crippen LogP contribution in [0.15, 0.2) is 30.3 Å². The van der Waals surface area contributed by atoms with Gasteiger partial charge in [0.15, 0.2) is 0 Å². The van der Waals surface area contributed by atoms with E-state index in [0.717, 1.165) is 18.4 Å². The SMILES string of the molecule is CC(C)(C(=O)N1CCN(C(=O)C(N)C2CCOCC2)CC1)c1ccccc1. The zero-order chi connectivity index (χ0) is 19.4. The third kappa shape index (κ3) is 4.33. The number of hydrogen-bond acceptors (Lipinski definition) is 4. The Morgan fingerprint density at radius 1 is 1.04 bits per heavy atom. The van der Waals surface area contributed by atoms with E-state index in [0.29, 0.717) is 39.4 Å². The molecule has 0 aliphatic carbocycles. The summed E-state index contributed by atoms with van der Waals surface area (Å²) < 4.78 is 5.36. The molecule has 1 aromatic carbocycles. The lowest BCUT2D eigenvalue weighted by molar-refractivity contribution is -0.144. The van der Waals surface area contributed by atoms with Crippen molar-refractivity contribution in [2.75, 3.05) is 39.4 Å². The molecule has 148 valence electrons. The number of hydrogen-bond donors (Lipinski definition) is 1. The van der Waals surface area contributed by atoms with Crippen LogP contribution >= 0.6 is 0 Å². The first-order valence-electron chi connectivity index (χ1n) is 9.88. The Labute approximate surface area is 161 Å². The number of piperazine rings is 1. The van der Waals surface area contributed by atoms with Crippen LogP contribution in [-0.4, -0.2) is 67.0 Å². The Kier molecular flexibility index (Phi) is 6.17. The van der Waals surface area contributed by atoms with Gasteiger partial charge in [-0.3, -0.25) is 9.59 Å². The molecular formula is C21H31N3O3. The zero-order valence-corrected chi connectivity index (χ0v) is 16.4. The van der Waals surface area contributed by atoms with Gasteiger partial charge in [0, 0.05) is 39.4 Å². The second-order valence-electron chi connectivity index (χ2n) is 8.08. The standard InChI is InChI=1S/C21H31N3O3/c1-21(2,17-6-4-3-5-7-17)20(26)24-12-10-23(11-13-24)19(25)18(22)16-8-14-27-15-9-16/h3-7,16,18H,8-15,22H2,1-2H3. The molecule has 2 saturated heterocycles. The molecule has 27 heavy (non-hydrogen) atoms. The van der Waals surface area contributed by atoms with Crippen molar-refractivity contribution >= 4 is 11.8 Å². The summed E-state index contributed by atoms with van der Waals surface area (Å²) in [5.74, 6) is 0.314. The molecule has 0 radical (unpaired) electrons. The van der Waals surface area contributed by atoms with E-state index in [4.69, 9.17) is 10.5 Å². The van der Waals surface area contributed by atoms with Crippen LogP contribution < -0.4 is 5.73 Å². The highest BCUT2D eigenvalue weighted by atomic mass is 16.5. The number of amides is 2. The van der Waals surface area contributed by atoms with Crippen LogP contribution in [0.5, 0.6) is 0 Å². The molecule has 2 aliphatic rings. The maximum Gasteiger partial charge on any atom is 0.239 e. The van der Waals surface area contributed by atoms with Crippen LogP contribution in [0.3, 0.4) is 0 Å². The van der Waals surface area contributed by atoms with Crippen molar-refractivity contribution in [3.8, 4) is 0 Å². The summed E-state index contributed by atoms with van der Waals surface area (Å²) in [6, 6.07) is 9.39. The average Bonchev–Trinajstić information content (AvgIpc) is 2.73. The molecule has 6 heteroatoms. The minimum absolute atomic E-state index is 0.0105. The number of ether oxygens (including phenoxy) is 1. The van der Waals surface area contributed by atoms with Crippen molar-refractivity contribution in [2.45, 2.75) is 38.1 Å². The highest BCUT2D eigenvalue weighted by Crippen LogP contribution is 2.26. The van der Waals surface area contributed by atoms with Crippen LogP contribution in [0.4, 0.5) is 0 Å². The van der Waals surface area contributed by atoms with Crippen molar-refractivity contribution in [1.82, 2.24) is 9.80 Å². The minimum atomic E-state index is -0.577. The van der Waals surface area contributed by atoms with E-state index >= 15 is 0 Å². The molecular weight excluding hydrogens is 342 g/mol. The fourth-order valence-corrected chi connectivity index (χ4v) is 3.99. The summed E-state index contributed by atoms with van der Waals surface area (Å²) in [7, 11) is 0. The summed E-state index contributed by atoms with van der Waals surface area (Å²) in [6.45, 7) is 7.50. The second kappa shape index (κ2) is 8.40. The maximum absolute atomic E-state index is 13.1. The normalized spacial score (nSPS) is 20.4. The van der Waals surface area contributed by atoms with E-state index in [1.165, 1.54) is 0 Å². The number of nitrogens with two attached hydrogens (primary N) is 1. The molecule has 2 amide bonds. The van der Waals surface area contributed by atoms with Gasteiger partial charge in [-0.25, -0.2) is 0 Å². The highest BCUT2D eigenvalue weighted by molar-refractivity contribution is 5.88. The molecule has 0 saturated carbocycles. The average molecular weight is 373 g/mol. The van der Waals surface area contributed by atoms with Crippen LogP contribution in [0.25, 0.3) is 0 Å². The molecule has 1 aromatic rings. The first-order chi connectivity index (χ1) is 12.9. The lowest BCUT2D eigenvalue weighted by atomic mass is 9.83. The van der Waals surface area contributed by atoms with Gasteiger partial charge in [0.1, 0.15) is 0 Å². The lowest BCUT2D eigenvalue weighted by Gasteiger charge is -2.40. The number of carbonyl (C=O) groups is 2. The third-order valence-electron chi connectivity index (χ3n) is 5.97. The van der Waals surface area contributed by atoms with Gasteiger partial charge >= 0.3 is 0 Å². The van der Waals surface area contributed by atoms with Crippen LogP contribution in [0, 0.1) is 5.92 Å². The Morgan fingerprint density at radius 3 is 2.19 bits per heavy atom. The number of benzene rings is 1. The smallest absolute Gasteiger partial charge is 0.239 e. The van der Waals surface area contributed by atoms with Gasteiger partial charge in [0.2, 0.25) is 11.8 Å². The van der Waals surface area contributed by atoms with Gasteiger partial charge in [0.05, 0.1) is 11.5 Å². The Balaban J connectivity index is 1.56. The van der Waals surface area contributed by atoms with Gasteiger partial charge in [-0.15, -0.1) is 0 Å². The van der Waals surface area contributed by atoms with Gasteiger partial charge in [0.25, 0.3) is 0 Å². The zero-order valence-electron chi connectivity index (χ0n) is 16.4. The Morgan fingerprint density at radius 2 is 1.59 bits per heavy atom. The van der Waals surface area contributed by atoms with Gasteiger partial charge in [-0.2, -0.15) is 0 Å². The van der Waals surface area contributed by atoms with Crippen molar-refractivity contribution in [3.05, 3.63) is 35.9 Å². The summed E-state index contributed by atoms with van der Waals surface area (Å²) in [5, 5.41) is 0. The second-order valence-corrected chi connectivity index (χ2v) is 8.08. The van der Waals surface area contributed by atoms with E-state index in [2.05, 4.69) is 0 Å². The summed E-state index contributed by atoms with van der Waals surface area (Å²) in [5.41, 5.74) is 6.67. The largest absolute Gasteiger partial charge is 0.381 e. The van der Waals surface area contributed by atoms with Gasteiger partial charge in [-0.05, 0) is 38.2 Å². The monoisotopic (exact) mass is 373 g/mol. The molecule has 2 aliphatic heterocycles. The quantitative estimate of drug-likeness (QED) is 0.865. The Hall–Kier alpha value is -1.92. The van der Waals surface area contributed by atoms with Crippen LogP contribution in [-0.2, 0) is 19.7 Å². The van der Waals surface area contributed by atoms with Crippen molar-refractivity contribution in [2.24, 2.45) is 11.7 Å². The van der Waals surface area contributed by atoms with E-state index in [9.17, 15) is 9.59 Å². The predicted molar refractivity (Wildman–Crippen MR) is 104 cm³/mol. The predicted octanol–water partition coefficient (Wildman–Crippen LogP) is 1.39. The number of nitrogens with zero attached hydrogens (tertiary/aromatic N) is 2. The fraction of sp³-hybridized carbons (Fsp3) is 0.619. The van der Waals surface area contributed by atoms with Crippen LogP contribution in [0.2, 0.25) is 0 Å².